The fourth-order valence-electron chi connectivity index (χ4n) is 1.66. The first-order chi connectivity index (χ1) is 9.72. The van der Waals surface area contributed by atoms with Crippen LogP contribution in [0.2, 0.25) is 0 Å². The van der Waals surface area contributed by atoms with Gasteiger partial charge in [0.05, 0.1) is 6.61 Å². The molecule has 0 aliphatic rings. The van der Waals surface area contributed by atoms with Crippen molar-refractivity contribution in [3.8, 4) is 11.8 Å². The number of nitriles is 1. The SMILES string of the molecule is CCCCNC(=O)C(C#N)=Cc1ccccc1OCC. The zero-order valence-electron chi connectivity index (χ0n) is 12.0. The number of nitrogens with one attached hydrogen (secondary N) is 1. The minimum Gasteiger partial charge on any atom is -0.493 e. The molecule has 1 aromatic rings. The van der Waals surface area contributed by atoms with Crippen molar-refractivity contribution in [1.29, 1.82) is 5.26 Å². The van der Waals surface area contributed by atoms with Gasteiger partial charge in [-0.3, -0.25) is 4.79 Å². The van der Waals surface area contributed by atoms with E-state index in [4.69, 9.17) is 10.00 Å². The van der Waals surface area contributed by atoms with Crippen molar-refractivity contribution < 1.29 is 9.53 Å². The van der Waals surface area contributed by atoms with E-state index in [2.05, 4.69) is 5.32 Å². The molecule has 0 atom stereocenters. The first-order valence-electron chi connectivity index (χ1n) is 6.84. The normalized spacial score (nSPS) is 10.8. The summed E-state index contributed by atoms with van der Waals surface area (Å²) in [6, 6.07) is 9.28. The molecule has 1 rings (SSSR count). The Morgan fingerprint density at radius 3 is 2.80 bits per heavy atom. The third-order valence-electron chi connectivity index (χ3n) is 2.70. The fourth-order valence-corrected chi connectivity index (χ4v) is 1.66. The second kappa shape index (κ2) is 8.76. The van der Waals surface area contributed by atoms with Gasteiger partial charge in [0.1, 0.15) is 17.4 Å². The van der Waals surface area contributed by atoms with Crippen molar-refractivity contribution in [2.75, 3.05) is 13.2 Å². The Hall–Kier alpha value is -2.28. The van der Waals surface area contributed by atoms with Crippen LogP contribution in [0.5, 0.6) is 5.75 Å². The molecule has 0 bridgehead atoms. The van der Waals surface area contributed by atoms with E-state index in [0.29, 0.717) is 18.9 Å². The summed E-state index contributed by atoms with van der Waals surface area (Å²) in [6.45, 7) is 5.06. The highest BCUT2D eigenvalue weighted by atomic mass is 16.5. The van der Waals surface area contributed by atoms with Crippen LogP contribution < -0.4 is 10.1 Å². The molecular formula is C16H20N2O2. The van der Waals surface area contributed by atoms with Gasteiger partial charge in [0.25, 0.3) is 5.91 Å². The van der Waals surface area contributed by atoms with Gasteiger partial charge in [-0.25, -0.2) is 0 Å². The second-order valence-electron chi connectivity index (χ2n) is 4.25. The molecule has 0 spiro atoms. The summed E-state index contributed by atoms with van der Waals surface area (Å²) in [5.41, 5.74) is 0.824. The van der Waals surface area contributed by atoms with Crippen LogP contribution in [-0.4, -0.2) is 19.1 Å². The number of rotatable bonds is 7. The number of para-hydroxylation sites is 1. The lowest BCUT2D eigenvalue weighted by Crippen LogP contribution is -2.25. The van der Waals surface area contributed by atoms with E-state index < -0.39 is 0 Å². The lowest BCUT2D eigenvalue weighted by Gasteiger charge is -2.07. The van der Waals surface area contributed by atoms with Crippen molar-refractivity contribution >= 4 is 12.0 Å². The first kappa shape index (κ1) is 15.8. The van der Waals surface area contributed by atoms with Gasteiger partial charge in [-0.05, 0) is 25.5 Å². The monoisotopic (exact) mass is 272 g/mol. The standard InChI is InChI=1S/C16H20N2O2/c1-3-5-10-18-16(19)14(12-17)11-13-8-6-7-9-15(13)20-4-2/h6-9,11H,3-5,10H2,1-2H3,(H,18,19). The Balaban J connectivity index is 2.89. The maximum atomic E-state index is 11.9. The molecular weight excluding hydrogens is 252 g/mol. The number of benzene rings is 1. The summed E-state index contributed by atoms with van der Waals surface area (Å²) in [6.07, 6.45) is 3.46. The van der Waals surface area contributed by atoms with E-state index in [1.54, 1.807) is 6.08 Å². The number of hydrogen-bond donors (Lipinski definition) is 1. The van der Waals surface area contributed by atoms with Crippen molar-refractivity contribution in [1.82, 2.24) is 5.32 Å². The molecule has 1 N–H and O–H groups in total. The second-order valence-corrected chi connectivity index (χ2v) is 4.25. The summed E-state index contributed by atoms with van der Waals surface area (Å²) in [4.78, 5) is 11.9. The summed E-state index contributed by atoms with van der Waals surface area (Å²) in [5.74, 6) is 0.330. The quantitative estimate of drug-likeness (QED) is 0.471. The van der Waals surface area contributed by atoms with E-state index in [-0.39, 0.29) is 11.5 Å². The third-order valence-corrected chi connectivity index (χ3v) is 2.70. The number of ether oxygens (including phenoxy) is 1. The molecule has 0 aromatic heterocycles. The van der Waals surface area contributed by atoms with E-state index >= 15 is 0 Å². The van der Waals surface area contributed by atoms with Gasteiger partial charge < -0.3 is 10.1 Å². The lowest BCUT2D eigenvalue weighted by atomic mass is 10.1. The van der Waals surface area contributed by atoms with Gasteiger partial charge in [0.15, 0.2) is 0 Å². The Kier molecular flexibility index (Phi) is 6.91. The number of hydrogen-bond acceptors (Lipinski definition) is 3. The van der Waals surface area contributed by atoms with Crippen LogP contribution in [0.1, 0.15) is 32.3 Å². The molecule has 0 aliphatic carbocycles. The Labute approximate surface area is 120 Å². The van der Waals surface area contributed by atoms with E-state index in [1.807, 2.05) is 44.2 Å². The molecule has 1 amide bonds. The van der Waals surface area contributed by atoms with Crippen LogP contribution >= 0.6 is 0 Å². The number of amides is 1. The van der Waals surface area contributed by atoms with E-state index in [9.17, 15) is 4.79 Å². The molecule has 0 heterocycles. The highest BCUT2D eigenvalue weighted by Gasteiger charge is 2.09. The molecule has 0 unspecified atom stereocenters. The molecule has 4 heteroatoms. The van der Waals surface area contributed by atoms with Gasteiger partial charge in [-0.1, -0.05) is 31.5 Å². The van der Waals surface area contributed by atoms with Crippen molar-refractivity contribution in [2.24, 2.45) is 0 Å². The van der Waals surface area contributed by atoms with E-state index in [1.165, 1.54) is 0 Å². The molecule has 0 aliphatic heterocycles. The van der Waals surface area contributed by atoms with Crippen LogP contribution in [-0.2, 0) is 4.79 Å². The zero-order chi connectivity index (χ0) is 14.8. The first-order valence-corrected chi connectivity index (χ1v) is 6.84. The van der Waals surface area contributed by atoms with Gasteiger partial charge in [0.2, 0.25) is 0 Å². The van der Waals surface area contributed by atoms with Crippen molar-refractivity contribution in [3.63, 3.8) is 0 Å². The number of nitrogens with zero attached hydrogens (tertiary/aromatic N) is 1. The topological polar surface area (TPSA) is 62.1 Å². The maximum Gasteiger partial charge on any atom is 0.261 e. The molecule has 106 valence electrons. The lowest BCUT2D eigenvalue weighted by molar-refractivity contribution is -0.117. The Morgan fingerprint density at radius 2 is 2.15 bits per heavy atom. The molecule has 1 aromatic carbocycles. The van der Waals surface area contributed by atoms with Gasteiger partial charge in [0, 0.05) is 12.1 Å². The average Bonchev–Trinajstić information content (AvgIpc) is 2.46. The van der Waals surface area contributed by atoms with Crippen molar-refractivity contribution in [2.45, 2.75) is 26.7 Å². The van der Waals surface area contributed by atoms with Crippen LogP contribution in [0.15, 0.2) is 29.8 Å². The van der Waals surface area contributed by atoms with Crippen molar-refractivity contribution in [3.05, 3.63) is 35.4 Å². The van der Waals surface area contributed by atoms with Crippen LogP contribution in [0.4, 0.5) is 0 Å². The minimum absolute atomic E-state index is 0.0910. The molecule has 20 heavy (non-hydrogen) atoms. The number of carbonyl (C=O) groups excluding carboxylic acids is 1. The molecule has 4 nitrogen and oxygen atoms in total. The highest BCUT2D eigenvalue weighted by molar-refractivity contribution is 6.01. The predicted molar refractivity (Wildman–Crippen MR) is 79.1 cm³/mol. The van der Waals surface area contributed by atoms with Crippen LogP contribution in [0.25, 0.3) is 6.08 Å². The van der Waals surface area contributed by atoms with Gasteiger partial charge in [-0.2, -0.15) is 5.26 Å². The number of unbranched alkanes of at least 4 members (excludes halogenated alkanes) is 1. The minimum atomic E-state index is -0.341. The predicted octanol–water partition coefficient (Wildman–Crippen LogP) is 2.91. The fraction of sp³-hybridized carbons (Fsp3) is 0.375. The largest absolute Gasteiger partial charge is 0.493 e. The zero-order valence-corrected chi connectivity index (χ0v) is 12.0. The van der Waals surface area contributed by atoms with Crippen LogP contribution in [0.3, 0.4) is 0 Å². The van der Waals surface area contributed by atoms with Gasteiger partial charge >= 0.3 is 0 Å². The molecule has 0 saturated carbocycles. The summed E-state index contributed by atoms with van der Waals surface area (Å²) >= 11 is 0. The van der Waals surface area contributed by atoms with Gasteiger partial charge in [-0.15, -0.1) is 0 Å². The number of carbonyl (C=O) groups is 1. The third kappa shape index (κ3) is 4.77. The molecule has 0 radical (unpaired) electrons. The molecule has 0 saturated heterocycles. The smallest absolute Gasteiger partial charge is 0.261 e. The maximum absolute atomic E-state index is 11.9. The Morgan fingerprint density at radius 1 is 1.40 bits per heavy atom. The highest BCUT2D eigenvalue weighted by Crippen LogP contribution is 2.20. The summed E-state index contributed by atoms with van der Waals surface area (Å²) in [7, 11) is 0. The summed E-state index contributed by atoms with van der Waals surface area (Å²) < 4.78 is 5.47. The molecule has 0 fully saturated rings. The Bertz CT molecular complexity index is 515. The van der Waals surface area contributed by atoms with E-state index in [0.717, 1.165) is 18.4 Å². The average molecular weight is 272 g/mol. The van der Waals surface area contributed by atoms with Crippen LogP contribution in [0, 0.1) is 11.3 Å². The summed E-state index contributed by atoms with van der Waals surface area (Å²) in [5, 5.41) is 11.9.